The van der Waals surface area contributed by atoms with Crippen molar-refractivity contribution in [3.8, 4) is 0 Å². The van der Waals surface area contributed by atoms with Gasteiger partial charge in [0.05, 0.1) is 21.9 Å². The number of fused-ring (bicyclic) bond motifs is 1. The van der Waals surface area contributed by atoms with Gasteiger partial charge in [-0.05, 0) is 18.2 Å². The normalized spacial score (nSPS) is 10.7. The molecule has 112 valence electrons. The van der Waals surface area contributed by atoms with Crippen molar-refractivity contribution in [2.45, 2.75) is 0 Å². The van der Waals surface area contributed by atoms with E-state index in [9.17, 15) is 4.79 Å². The summed E-state index contributed by atoms with van der Waals surface area (Å²) in [6.07, 6.45) is 1.40. The van der Waals surface area contributed by atoms with Gasteiger partial charge in [-0.15, -0.1) is 0 Å². The van der Waals surface area contributed by atoms with Crippen molar-refractivity contribution in [2.24, 2.45) is 0 Å². The summed E-state index contributed by atoms with van der Waals surface area (Å²) in [7, 11) is 0. The molecular formula is C13H8Cl2N4O3. The van der Waals surface area contributed by atoms with E-state index in [2.05, 4.69) is 15.3 Å². The molecule has 0 bridgehead atoms. The Balaban J connectivity index is 1.85. The van der Waals surface area contributed by atoms with Crippen LogP contribution >= 0.6 is 23.2 Å². The van der Waals surface area contributed by atoms with Crippen molar-refractivity contribution < 1.29 is 14.4 Å². The lowest BCUT2D eigenvalue weighted by atomic mass is 10.3. The summed E-state index contributed by atoms with van der Waals surface area (Å²) in [5, 5.41) is 12.2. The number of aromatic nitrogens is 2. The van der Waals surface area contributed by atoms with Gasteiger partial charge in [-0.2, -0.15) is 4.98 Å². The van der Waals surface area contributed by atoms with Gasteiger partial charge in [0.15, 0.2) is 5.58 Å². The second-order valence-corrected chi connectivity index (χ2v) is 5.07. The molecule has 0 saturated heterocycles. The van der Waals surface area contributed by atoms with Gasteiger partial charge in [0, 0.05) is 6.07 Å². The maximum Gasteiger partial charge on any atom is 0.300 e. The van der Waals surface area contributed by atoms with Crippen LogP contribution in [0.2, 0.25) is 10.0 Å². The van der Waals surface area contributed by atoms with Gasteiger partial charge in [-0.1, -0.05) is 23.2 Å². The van der Waals surface area contributed by atoms with Crippen molar-refractivity contribution in [1.82, 2.24) is 15.4 Å². The lowest BCUT2D eigenvalue weighted by Gasteiger charge is -2.02. The summed E-state index contributed by atoms with van der Waals surface area (Å²) in [5.41, 5.74) is 3.17. The lowest BCUT2D eigenvalue weighted by Crippen LogP contribution is -2.19. The van der Waals surface area contributed by atoms with E-state index in [0.717, 1.165) is 0 Å². The molecule has 3 N–H and O–H groups in total. The minimum atomic E-state index is -0.697. The molecule has 2 aromatic heterocycles. The lowest BCUT2D eigenvalue weighted by molar-refractivity contribution is 0.0701. The number of benzene rings is 1. The van der Waals surface area contributed by atoms with Crippen molar-refractivity contribution >= 4 is 51.9 Å². The Kier molecular flexibility index (Phi) is 3.84. The molecule has 0 fully saturated rings. The Hall–Kier alpha value is -2.35. The van der Waals surface area contributed by atoms with Crippen molar-refractivity contribution in [1.29, 1.82) is 0 Å². The Bertz CT molecular complexity index is 809. The zero-order chi connectivity index (χ0) is 15.7. The van der Waals surface area contributed by atoms with E-state index < -0.39 is 5.91 Å². The molecule has 0 aliphatic carbocycles. The first-order valence-electron chi connectivity index (χ1n) is 6.00. The van der Waals surface area contributed by atoms with Gasteiger partial charge >= 0.3 is 0 Å². The smallest absolute Gasteiger partial charge is 0.300 e. The SMILES string of the molecule is O=C(NO)c1ccc(Nc2nc3cc(Cl)c(Cl)cc3o2)cn1. The molecule has 3 aromatic rings. The van der Waals surface area contributed by atoms with E-state index >= 15 is 0 Å². The highest BCUT2D eigenvalue weighted by atomic mass is 35.5. The van der Waals surface area contributed by atoms with E-state index in [1.54, 1.807) is 18.2 Å². The number of anilines is 2. The highest BCUT2D eigenvalue weighted by molar-refractivity contribution is 6.42. The topological polar surface area (TPSA) is 100 Å². The summed E-state index contributed by atoms with van der Waals surface area (Å²) in [4.78, 5) is 19.3. The summed E-state index contributed by atoms with van der Waals surface area (Å²) in [6.45, 7) is 0. The molecule has 1 aromatic carbocycles. The van der Waals surface area contributed by atoms with E-state index in [1.807, 2.05) is 0 Å². The van der Waals surface area contributed by atoms with Crippen LogP contribution < -0.4 is 10.8 Å². The molecule has 0 aliphatic heterocycles. The van der Waals surface area contributed by atoms with Crippen LogP contribution in [-0.4, -0.2) is 21.1 Å². The Labute approximate surface area is 133 Å². The third-order valence-corrected chi connectivity index (χ3v) is 3.50. The number of halogens is 2. The number of pyridine rings is 1. The second kappa shape index (κ2) is 5.80. The minimum absolute atomic E-state index is 0.0733. The quantitative estimate of drug-likeness (QED) is 0.500. The van der Waals surface area contributed by atoms with Gasteiger partial charge in [0.2, 0.25) is 0 Å². The number of oxazole rings is 1. The summed E-state index contributed by atoms with van der Waals surface area (Å²) < 4.78 is 5.49. The minimum Gasteiger partial charge on any atom is -0.423 e. The highest BCUT2D eigenvalue weighted by Crippen LogP contribution is 2.30. The second-order valence-electron chi connectivity index (χ2n) is 4.25. The number of carbonyl (C=O) groups is 1. The molecule has 2 heterocycles. The Morgan fingerprint density at radius 2 is 2.00 bits per heavy atom. The van der Waals surface area contributed by atoms with Crippen molar-refractivity contribution in [3.63, 3.8) is 0 Å². The van der Waals surface area contributed by atoms with Crippen molar-refractivity contribution in [3.05, 3.63) is 46.2 Å². The predicted octanol–water partition coefficient (Wildman–Crippen LogP) is 3.39. The molecule has 7 nitrogen and oxygen atoms in total. The number of nitrogens with zero attached hydrogens (tertiary/aromatic N) is 2. The number of hydrogen-bond donors (Lipinski definition) is 3. The first-order chi connectivity index (χ1) is 10.6. The largest absolute Gasteiger partial charge is 0.423 e. The fourth-order valence-electron chi connectivity index (χ4n) is 1.76. The van der Waals surface area contributed by atoms with Crippen LogP contribution in [0.15, 0.2) is 34.9 Å². The van der Waals surface area contributed by atoms with Crippen molar-refractivity contribution in [2.75, 3.05) is 5.32 Å². The number of nitrogens with one attached hydrogen (secondary N) is 2. The number of rotatable bonds is 3. The van der Waals surface area contributed by atoms with Gasteiger partial charge < -0.3 is 9.73 Å². The zero-order valence-corrected chi connectivity index (χ0v) is 12.3. The molecule has 3 rings (SSSR count). The first kappa shape index (κ1) is 14.6. The third-order valence-electron chi connectivity index (χ3n) is 2.78. The summed E-state index contributed by atoms with van der Waals surface area (Å²) in [6, 6.07) is 6.43. The predicted molar refractivity (Wildman–Crippen MR) is 80.8 cm³/mol. The average molecular weight is 339 g/mol. The van der Waals surface area contributed by atoms with Crippen LogP contribution in [0, 0.1) is 0 Å². The van der Waals surface area contributed by atoms with Crippen LogP contribution in [0.4, 0.5) is 11.7 Å². The van der Waals surface area contributed by atoms with E-state index in [1.165, 1.54) is 17.7 Å². The molecule has 22 heavy (non-hydrogen) atoms. The maximum atomic E-state index is 11.2. The molecule has 0 radical (unpaired) electrons. The molecule has 0 unspecified atom stereocenters. The molecule has 0 atom stereocenters. The van der Waals surface area contributed by atoms with Gasteiger partial charge in [-0.25, -0.2) is 10.5 Å². The number of hydroxylamine groups is 1. The van der Waals surface area contributed by atoms with Crippen LogP contribution in [0.5, 0.6) is 0 Å². The molecule has 9 heteroatoms. The number of amides is 1. The molecule has 0 saturated carbocycles. The molecule has 0 spiro atoms. The average Bonchev–Trinajstić information content (AvgIpc) is 2.89. The van der Waals surface area contributed by atoms with E-state index in [0.29, 0.717) is 26.8 Å². The standard InChI is InChI=1S/C13H8Cl2N4O3/c14-7-3-10-11(4-8(7)15)22-13(18-10)17-6-1-2-9(16-5-6)12(20)19-21/h1-5,21H,(H,17,18)(H,19,20). The van der Waals surface area contributed by atoms with E-state index in [-0.39, 0.29) is 11.7 Å². The van der Waals surface area contributed by atoms with Crippen LogP contribution in [-0.2, 0) is 0 Å². The maximum absolute atomic E-state index is 11.2. The Morgan fingerprint density at radius 1 is 1.23 bits per heavy atom. The van der Waals surface area contributed by atoms with E-state index in [4.69, 9.17) is 32.8 Å². The fourth-order valence-corrected chi connectivity index (χ4v) is 2.07. The number of carbonyl (C=O) groups excluding carboxylic acids is 1. The van der Waals surface area contributed by atoms with Gasteiger partial charge in [0.1, 0.15) is 11.2 Å². The fraction of sp³-hybridized carbons (Fsp3) is 0. The molecular weight excluding hydrogens is 331 g/mol. The van der Waals surface area contributed by atoms with Gasteiger partial charge in [0.25, 0.3) is 11.9 Å². The molecule has 0 aliphatic rings. The summed E-state index contributed by atoms with van der Waals surface area (Å²) in [5.74, 6) is -0.697. The number of hydrogen-bond acceptors (Lipinski definition) is 6. The molecule has 1 amide bonds. The van der Waals surface area contributed by atoms with Crippen LogP contribution in [0.25, 0.3) is 11.1 Å². The third kappa shape index (κ3) is 2.82. The first-order valence-corrected chi connectivity index (χ1v) is 6.75. The summed E-state index contributed by atoms with van der Waals surface area (Å²) >= 11 is 11.8. The monoisotopic (exact) mass is 338 g/mol. The highest BCUT2D eigenvalue weighted by Gasteiger charge is 2.10. The van der Waals surface area contributed by atoms with Crippen LogP contribution in [0.3, 0.4) is 0 Å². The van der Waals surface area contributed by atoms with Crippen LogP contribution in [0.1, 0.15) is 10.5 Å². The van der Waals surface area contributed by atoms with Gasteiger partial charge in [-0.3, -0.25) is 10.0 Å². The zero-order valence-electron chi connectivity index (χ0n) is 10.8. The Morgan fingerprint density at radius 3 is 2.68 bits per heavy atom.